The van der Waals surface area contributed by atoms with Gasteiger partial charge in [0.1, 0.15) is 0 Å². The normalized spacial score (nSPS) is 11.5. The number of fused-ring (bicyclic) bond motifs is 3. The fourth-order valence-corrected chi connectivity index (χ4v) is 9.59. The Kier molecular flexibility index (Phi) is 9.83. The number of rotatable bonds is 8. The highest BCUT2D eigenvalue weighted by Crippen LogP contribution is 2.48. The molecule has 0 N–H and O–H groups in total. The lowest BCUT2D eigenvalue weighted by Crippen LogP contribution is -1.95. The molecule has 0 fully saturated rings. The van der Waals surface area contributed by atoms with Crippen LogP contribution in [0.2, 0.25) is 0 Å². The van der Waals surface area contributed by atoms with Gasteiger partial charge in [-0.2, -0.15) is 0 Å². The molecule has 11 rings (SSSR count). The Labute approximate surface area is 370 Å². The van der Waals surface area contributed by atoms with Gasteiger partial charge in [0.25, 0.3) is 0 Å². The van der Waals surface area contributed by atoms with Crippen LogP contribution in [0.25, 0.3) is 110 Å². The Hall–Kier alpha value is -7.80. The molecule has 0 heteroatoms. The van der Waals surface area contributed by atoms with E-state index in [1.54, 1.807) is 0 Å². The second-order valence-corrected chi connectivity index (χ2v) is 17.1. The molecule has 0 amide bonds. The average Bonchev–Trinajstić information content (AvgIpc) is 3.35. The summed E-state index contributed by atoms with van der Waals surface area (Å²) in [5, 5.41) is 7.49. The smallest absolute Gasteiger partial charge is 0.00199 e. The highest BCUT2D eigenvalue weighted by Gasteiger charge is 2.21. The van der Waals surface area contributed by atoms with E-state index in [1.165, 1.54) is 116 Å². The van der Waals surface area contributed by atoms with Crippen molar-refractivity contribution in [2.75, 3.05) is 0 Å². The molecule has 0 heterocycles. The summed E-state index contributed by atoms with van der Waals surface area (Å²) in [4.78, 5) is 0. The third-order valence-corrected chi connectivity index (χ3v) is 12.8. The second kappa shape index (κ2) is 16.2. The molecule has 0 radical (unpaired) electrons. The van der Waals surface area contributed by atoms with Gasteiger partial charge in [-0.15, -0.1) is 0 Å². The molecular weight excluding hydrogens is 757 g/mol. The zero-order valence-corrected chi connectivity index (χ0v) is 35.6. The molecule has 298 valence electrons. The Morgan fingerprint density at radius 2 is 0.683 bits per heavy atom. The molecule has 0 unspecified atom stereocenters. The first-order valence-corrected chi connectivity index (χ1v) is 22.1. The molecule has 0 aliphatic rings. The zero-order valence-electron chi connectivity index (χ0n) is 35.6. The summed E-state index contributed by atoms with van der Waals surface area (Å²) in [5.41, 5.74) is 18.3. The first-order valence-electron chi connectivity index (χ1n) is 22.1. The van der Waals surface area contributed by atoms with Crippen LogP contribution in [0.4, 0.5) is 0 Å². The van der Waals surface area contributed by atoms with Gasteiger partial charge in [-0.1, -0.05) is 214 Å². The van der Waals surface area contributed by atoms with E-state index in [2.05, 4.69) is 250 Å². The molecule has 11 aromatic carbocycles. The van der Waals surface area contributed by atoms with Crippen LogP contribution >= 0.6 is 0 Å². The van der Waals surface area contributed by atoms with E-state index in [1.807, 2.05) is 0 Å². The van der Waals surface area contributed by atoms with Crippen LogP contribution < -0.4 is 0 Å². The SMILES string of the molecule is CC(C)c1cccc(-c2c3ccccc3c(-c3cc(-c4cc(-c5ccccc5)cc(-c5ccccc5)c4)ccc3-c3cccc(-c4ccc5ccccc5c4)c3)c3ccccc23)c1. The molecule has 0 aliphatic carbocycles. The first-order chi connectivity index (χ1) is 31.1. The molecule has 0 aromatic heterocycles. The summed E-state index contributed by atoms with van der Waals surface area (Å²) in [7, 11) is 0. The van der Waals surface area contributed by atoms with Crippen molar-refractivity contribution >= 4 is 32.3 Å². The van der Waals surface area contributed by atoms with Crippen molar-refractivity contribution < 1.29 is 0 Å². The van der Waals surface area contributed by atoms with Crippen molar-refractivity contribution in [3.63, 3.8) is 0 Å². The Bertz CT molecular complexity index is 3350. The van der Waals surface area contributed by atoms with E-state index in [0.717, 1.165) is 0 Å². The quantitative estimate of drug-likeness (QED) is 0.134. The van der Waals surface area contributed by atoms with Crippen LogP contribution in [-0.4, -0.2) is 0 Å². The van der Waals surface area contributed by atoms with Gasteiger partial charge in [0.15, 0.2) is 0 Å². The maximum absolute atomic E-state index is 2.46. The minimum Gasteiger partial charge on any atom is -0.0622 e. The van der Waals surface area contributed by atoms with E-state index in [9.17, 15) is 0 Å². The minimum absolute atomic E-state index is 0.431. The van der Waals surface area contributed by atoms with E-state index in [-0.39, 0.29) is 0 Å². The summed E-state index contributed by atoms with van der Waals surface area (Å²) in [6, 6.07) is 87.5. The van der Waals surface area contributed by atoms with Gasteiger partial charge in [0, 0.05) is 0 Å². The molecule has 0 nitrogen and oxygen atoms in total. The number of hydrogen-bond donors (Lipinski definition) is 0. The predicted molar refractivity (Wildman–Crippen MR) is 271 cm³/mol. The number of benzene rings is 11. The summed E-state index contributed by atoms with van der Waals surface area (Å²) in [6.07, 6.45) is 0. The fraction of sp³-hybridized carbons (Fsp3) is 0.0476. The van der Waals surface area contributed by atoms with Gasteiger partial charge >= 0.3 is 0 Å². The molecule has 0 aliphatic heterocycles. The van der Waals surface area contributed by atoms with Crippen LogP contribution in [-0.2, 0) is 0 Å². The van der Waals surface area contributed by atoms with Crippen LogP contribution in [0.1, 0.15) is 25.3 Å². The van der Waals surface area contributed by atoms with E-state index in [0.29, 0.717) is 5.92 Å². The zero-order chi connectivity index (χ0) is 42.3. The summed E-state index contributed by atoms with van der Waals surface area (Å²) < 4.78 is 0. The second-order valence-electron chi connectivity index (χ2n) is 17.1. The average molecular weight is 803 g/mol. The van der Waals surface area contributed by atoms with Crippen LogP contribution in [0, 0.1) is 0 Å². The highest BCUT2D eigenvalue weighted by molar-refractivity contribution is 6.22. The molecule has 0 saturated carbocycles. The van der Waals surface area contributed by atoms with Gasteiger partial charge in [-0.3, -0.25) is 0 Å². The molecule has 11 aromatic rings. The van der Waals surface area contributed by atoms with Gasteiger partial charge < -0.3 is 0 Å². The maximum atomic E-state index is 2.46. The van der Waals surface area contributed by atoms with E-state index in [4.69, 9.17) is 0 Å². The molecule has 63 heavy (non-hydrogen) atoms. The van der Waals surface area contributed by atoms with Gasteiger partial charge in [-0.25, -0.2) is 0 Å². The third-order valence-electron chi connectivity index (χ3n) is 12.8. The van der Waals surface area contributed by atoms with Gasteiger partial charge in [0.2, 0.25) is 0 Å². The van der Waals surface area contributed by atoms with Crippen molar-refractivity contribution in [3.05, 3.63) is 242 Å². The largest absolute Gasteiger partial charge is 0.0622 e. The molecule has 0 bridgehead atoms. The van der Waals surface area contributed by atoms with Crippen molar-refractivity contribution in [1.82, 2.24) is 0 Å². The molecule has 0 atom stereocenters. The molecule has 0 spiro atoms. The van der Waals surface area contributed by atoms with Gasteiger partial charge in [0.05, 0.1) is 0 Å². The van der Waals surface area contributed by atoms with Crippen LogP contribution in [0.3, 0.4) is 0 Å². The van der Waals surface area contributed by atoms with Gasteiger partial charge in [-0.05, 0) is 158 Å². The molecule has 0 saturated heterocycles. The summed E-state index contributed by atoms with van der Waals surface area (Å²) >= 11 is 0. The first kappa shape index (κ1) is 38.1. The van der Waals surface area contributed by atoms with E-state index >= 15 is 0 Å². The Morgan fingerprint density at radius 3 is 1.32 bits per heavy atom. The van der Waals surface area contributed by atoms with Crippen molar-refractivity contribution in [3.8, 4) is 77.9 Å². The van der Waals surface area contributed by atoms with Crippen LogP contribution in [0.15, 0.2) is 237 Å². The minimum atomic E-state index is 0.431. The lowest BCUT2D eigenvalue weighted by molar-refractivity contribution is 0.867. The summed E-state index contributed by atoms with van der Waals surface area (Å²) in [5.74, 6) is 0.431. The Balaban J connectivity index is 1.19. The highest BCUT2D eigenvalue weighted by atomic mass is 14.2. The predicted octanol–water partition coefficient (Wildman–Crippen LogP) is 17.9. The standard InChI is InChI=1S/C63H46/c1-42(2)46-23-15-26-52(35-46)62-57-27-11-13-29-59(57)63(60-30-14-12-28-58(60)62)61-41-50(55-39-53(43-17-5-3-6-18-43)38-54(40-55)44-19-7-4-8-20-44)33-34-56(61)51-25-16-24-48(37-51)49-32-31-45-21-9-10-22-47(45)36-49/h3-42H,1-2H3. The maximum Gasteiger partial charge on any atom is -0.00199 e. The summed E-state index contributed by atoms with van der Waals surface area (Å²) in [6.45, 7) is 4.56. The third kappa shape index (κ3) is 7.20. The lowest BCUT2D eigenvalue weighted by atomic mass is 9.82. The van der Waals surface area contributed by atoms with Crippen LogP contribution in [0.5, 0.6) is 0 Å². The van der Waals surface area contributed by atoms with Crippen molar-refractivity contribution in [2.24, 2.45) is 0 Å². The molecular formula is C63H46. The fourth-order valence-electron chi connectivity index (χ4n) is 9.59. The number of hydrogen-bond acceptors (Lipinski definition) is 0. The topological polar surface area (TPSA) is 0 Å². The van der Waals surface area contributed by atoms with Crippen molar-refractivity contribution in [2.45, 2.75) is 19.8 Å². The Morgan fingerprint density at radius 1 is 0.238 bits per heavy atom. The monoisotopic (exact) mass is 802 g/mol. The van der Waals surface area contributed by atoms with Crippen molar-refractivity contribution in [1.29, 1.82) is 0 Å². The van der Waals surface area contributed by atoms with E-state index < -0.39 is 0 Å². The lowest BCUT2D eigenvalue weighted by Gasteiger charge is -2.21.